The average Bonchev–Trinajstić information content (AvgIpc) is 2.67. The quantitative estimate of drug-likeness (QED) is 0.667. The number of aryl methyl sites for hydroxylation is 1. The van der Waals surface area contributed by atoms with Gasteiger partial charge in [0.25, 0.3) is 0 Å². The van der Waals surface area contributed by atoms with E-state index in [0.717, 1.165) is 17.8 Å². The monoisotopic (exact) mass is 178 g/mol. The van der Waals surface area contributed by atoms with E-state index in [1.807, 2.05) is 24.4 Å². The van der Waals surface area contributed by atoms with E-state index in [1.165, 1.54) is 0 Å². The fourth-order valence-electron chi connectivity index (χ4n) is 0.960. The van der Waals surface area contributed by atoms with Gasteiger partial charge in [-0.3, -0.25) is 9.38 Å². The fourth-order valence-corrected chi connectivity index (χ4v) is 0.960. The number of aromatic nitrogens is 4. The maximum atomic E-state index is 4.17. The van der Waals surface area contributed by atoms with Gasteiger partial charge in [0.05, 0.1) is 11.9 Å². The van der Waals surface area contributed by atoms with Crippen LogP contribution in [0.3, 0.4) is 0 Å². The first-order chi connectivity index (χ1) is 6.40. The summed E-state index contributed by atoms with van der Waals surface area (Å²) in [5.74, 6) is 0. The Bertz CT molecular complexity index is 366. The third-order valence-corrected chi connectivity index (χ3v) is 1.60. The van der Waals surface area contributed by atoms with Gasteiger partial charge in [0.15, 0.2) is 5.65 Å². The molecule has 13 heavy (non-hydrogen) atoms. The van der Waals surface area contributed by atoms with Gasteiger partial charge in [-0.05, 0) is 6.42 Å². The van der Waals surface area contributed by atoms with Crippen molar-refractivity contribution in [2.24, 2.45) is 0 Å². The zero-order valence-corrected chi connectivity index (χ0v) is 8.23. The number of fused-ring (bicyclic) bond motifs is 1. The molecule has 0 aromatic carbocycles. The van der Waals surface area contributed by atoms with E-state index in [9.17, 15) is 0 Å². The maximum Gasteiger partial charge on any atom is 0.179 e. The molecule has 0 aliphatic carbocycles. The minimum atomic E-state index is 0.794. The van der Waals surface area contributed by atoms with Gasteiger partial charge >= 0.3 is 0 Å². The summed E-state index contributed by atoms with van der Waals surface area (Å²) in [5, 5.41) is 7.59. The number of rotatable bonds is 1. The van der Waals surface area contributed by atoms with Crippen LogP contribution in [-0.2, 0) is 6.42 Å². The highest BCUT2D eigenvalue weighted by Gasteiger charge is 1.95. The number of hydrogen-bond acceptors (Lipinski definition) is 3. The van der Waals surface area contributed by atoms with E-state index in [4.69, 9.17) is 0 Å². The van der Waals surface area contributed by atoms with Crippen molar-refractivity contribution in [2.45, 2.75) is 27.2 Å². The van der Waals surface area contributed by atoms with Crippen molar-refractivity contribution in [2.75, 3.05) is 0 Å². The molecule has 0 radical (unpaired) electrons. The zero-order valence-electron chi connectivity index (χ0n) is 8.23. The van der Waals surface area contributed by atoms with Gasteiger partial charge in [0.1, 0.15) is 6.33 Å². The van der Waals surface area contributed by atoms with Crippen LogP contribution >= 0.6 is 0 Å². The van der Waals surface area contributed by atoms with Gasteiger partial charge in [-0.25, -0.2) is 0 Å². The van der Waals surface area contributed by atoms with Crippen LogP contribution in [0.1, 0.15) is 26.5 Å². The average molecular weight is 178 g/mol. The Morgan fingerprint density at radius 3 is 2.85 bits per heavy atom. The Morgan fingerprint density at radius 1 is 1.38 bits per heavy atom. The Balaban J connectivity index is 0.000000396. The van der Waals surface area contributed by atoms with Crippen LogP contribution in [0.2, 0.25) is 0 Å². The summed E-state index contributed by atoms with van der Waals surface area (Å²) in [6.45, 7) is 6.07. The third-order valence-electron chi connectivity index (χ3n) is 1.60. The predicted octanol–water partition coefficient (Wildman–Crippen LogP) is 1.71. The molecular weight excluding hydrogens is 164 g/mol. The van der Waals surface area contributed by atoms with E-state index in [-0.39, 0.29) is 0 Å². The summed E-state index contributed by atoms with van der Waals surface area (Å²) in [6, 6.07) is 0. The molecule has 0 saturated carbocycles. The van der Waals surface area contributed by atoms with Crippen LogP contribution in [0, 0.1) is 0 Å². The molecule has 4 heteroatoms. The van der Waals surface area contributed by atoms with Crippen LogP contribution in [0.4, 0.5) is 0 Å². The molecule has 2 aromatic rings. The highest BCUT2D eigenvalue weighted by Crippen LogP contribution is 1.98. The molecule has 0 N–H and O–H groups in total. The van der Waals surface area contributed by atoms with Crippen molar-refractivity contribution in [1.29, 1.82) is 0 Å². The molecule has 2 rings (SSSR count). The smallest absolute Gasteiger partial charge is 0.179 e. The van der Waals surface area contributed by atoms with Crippen LogP contribution in [0.25, 0.3) is 5.65 Å². The molecule has 0 saturated heterocycles. The van der Waals surface area contributed by atoms with Crippen LogP contribution < -0.4 is 0 Å². The Morgan fingerprint density at radius 2 is 2.15 bits per heavy atom. The SMILES string of the molecule is CC.CCc1cn2cnnc2cn1. The molecule has 2 aromatic heterocycles. The molecule has 0 atom stereocenters. The molecule has 0 spiro atoms. The van der Waals surface area contributed by atoms with Crippen molar-refractivity contribution in [3.8, 4) is 0 Å². The summed E-state index contributed by atoms with van der Waals surface area (Å²) in [4.78, 5) is 4.17. The molecule has 70 valence electrons. The van der Waals surface area contributed by atoms with E-state index in [1.54, 1.807) is 12.5 Å². The minimum absolute atomic E-state index is 0.794. The molecule has 0 bridgehead atoms. The van der Waals surface area contributed by atoms with Gasteiger partial charge < -0.3 is 0 Å². The molecule has 0 amide bonds. The second kappa shape index (κ2) is 4.54. The van der Waals surface area contributed by atoms with Gasteiger partial charge in [-0.1, -0.05) is 20.8 Å². The topological polar surface area (TPSA) is 43.1 Å². The molecule has 0 aliphatic heterocycles. The molecular formula is C9H14N4. The van der Waals surface area contributed by atoms with Gasteiger partial charge in [-0.15, -0.1) is 10.2 Å². The second-order valence-electron chi connectivity index (χ2n) is 2.33. The third kappa shape index (κ3) is 2.02. The Hall–Kier alpha value is -1.45. The van der Waals surface area contributed by atoms with E-state index >= 15 is 0 Å². The van der Waals surface area contributed by atoms with Gasteiger partial charge in [-0.2, -0.15) is 0 Å². The van der Waals surface area contributed by atoms with Crippen LogP contribution in [-0.4, -0.2) is 19.6 Å². The largest absolute Gasteiger partial charge is 0.286 e. The molecule has 2 heterocycles. The highest BCUT2D eigenvalue weighted by atomic mass is 15.2. The first-order valence-electron chi connectivity index (χ1n) is 4.54. The molecule has 0 aliphatic rings. The lowest BCUT2D eigenvalue weighted by Crippen LogP contribution is -1.91. The maximum absolute atomic E-state index is 4.17. The Labute approximate surface area is 77.6 Å². The lowest BCUT2D eigenvalue weighted by Gasteiger charge is -1.94. The van der Waals surface area contributed by atoms with Crippen LogP contribution in [0.15, 0.2) is 18.7 Å². The number of nitrogens with zero attached hydrogens (tertiary/aromatic N) is 4. The summed E-state index contributed by atoms with van der Waals surface area (Å²) in [7, 11) is 0. The molecule has 0 fully saturated rings. The van der Waals surface area contributed by atoms with E-state index in [0.29, 0.717) is 0 Å². The standard InChI is InChI=1S/C7H8N4.C2H6/c1-2-6-4-11-5-9-10-7(11)3-8-6;1-2/h3-5H,2H2,1H3;1-2H3. The first-order valence-corrected chi connectivity index (χ1v) is 4.54. The predicted molar refractivity (Wildman–Crippen MR) is 51.5 cm³/mol. The van der Waals surface area contributed by atoms with Crippen molar-refractivity contribution < 1.29 is 0 Å². The lowest BCUT2D eigenvalue weighted by molar-refractivity contribution is 0.980. The van der Waals surface area contributed by atoms with Crippen molar-refractivity contribution >= 4 is 5.65 Å². The molecule has 4 nitrogen and oxygen atoms in total. The first kappa shape index (κ1) is 9.64. The lowest BCUT2D eigenvalue weighted by atomic mass is 10.3. The summed E-state index contributed by atoms with van der Waals surface area (Å²) >= 11 is 0. The summed E-state index contributed by atoms with van der Waals surface area (Å²) in [6.07, 6.45) is 6.28. The normalized spacial score (nSPS) is 9.46. The fraction of sp³-hybridized carbons (Fsp3) is 0.444. The minimum Gasteiger partial charge on any atom is -0.286 e. The van der Waals surface area contributed by atoms with Gasteiger partial charge in [0, 0.05) is 6.20 Å². The molecule has 0 unspecified atom stereocenters. The Kier molecular flexibility index (Phi) is 3.37. The van der Waals surface area contributed by atoms with Gasteiger partial charge in [0.2, 0.25) is 0 Å². The highest BCUT2D eigenvalue weighted by molar-refractivity contribution is 5.32. The van der Waals surface area contributed by atoms with Crippen molar-refractivity contribution in [1.82, 2.24) is 19.6 Å². The van der Waals surface area contributed by atoms with Crippen LogP contribution in [0.5, 0.6) is 0 Å². The van der Waals surface area contributed by atoms with Crippen molar-refractivity contribution in [3.63, 3.8) is 0 Å². The second-order valence-corrected chi connectivity index (χ2v) is 2.33. The zero-order chi connectivity index (χ0) is 9.68. The number of hydrogen-bond donors (Lipinski definition) is 0. The van der Waals surface area contributed by atoms with E-state index < -0.39 is 0 Å². The summed E-state index contributed by atoms with van der Waals surface area (Å²) < 4.78 is 1.87. The van der Waals surface area contributed by atoms with E-state index in [2.05, 4.69) is 22.1 Å². The summed E-state index contributed by atoms with van der Waals surface area (Å²) in [5.41, 5.74) is 1.85. The van der Waals surface area contributed by atoms with Crippen molar-refractivity contribution in [3.05, 3.63) is 24.4 Å².